The fraction of sp³-hybridized carbons (Fsp3) is 0.643. The molecule has 0 N–H and O–H groups in total. The molecule has 2 atom stereocenters. The number of aromatic nitrogens is 1. The summed E-state index contributed by atoms with van der Waals surface area (Å²) in [5.74, 6) is 0.655. The smallest absolute Gasteiger partial charge is 0.0822 e. The van der Waals surface area contributed by atoms with E-state index in [1.165, 1.54) is 0 Å². The molecule has 2 aliphatic heterocycles. The van der Waals surface area contributed by atoms with E-state index < -0.39 is 0 Å². The molecule has 2 aliphatic rings. The van der Waals surface area contributed by atoms with E-state index in [2.05, 4.69) is 21.7 Å². The van der Waals surface area contributed by atoms with Crippen molar-refractivity contribution in [2.75, 3.05) is 44.3 Å². The molecule has 0 saturated carbocycles. The third-order valence-corrected chi connectivity index (χ3v) is 4.47. The van der Waals surface area contributed by atoms with Crippen LogP contribution in [0.3, 0.4) is 0 Å². The molecule has 0 radical (unpaired) electrons. The molecule has 2 saturated heterocycles. The molecule has 0 aliphatic carbocycles. The molecule has 5 heteroatoms. The van der Waals surface area contributed by atoms with E-state index in [-0.39, 0.29) is 0 Å². The standard InChI is InChI=1S/C14H20ClN3O/c1-11-9-18(13-2-3-16-8-12(13)15)10-14(11)17-4-6-19-7-5-17/h2-3,8,11,14H,4-7,9-10H2,1H3/t11-,14-/m0/s1. The van der Waals surface area contributed by atoms with Gasteiger partial charge in [0.15, 0.2) is 0 Å². The van der Waals surface area contributed by atoms with E-state index in [1.54, 1.807) is 6.20 Å². The van der Waals surface area contributed by atoms with Crippen LogP contribution in [0.5, 0.6) is 0 Å². The van der Waals surface area contributed by atoms with Gasteiger partial charge in [0.25, 0.3) is 0 Å². The lowest BCUT2D eigenvalue weighted by atomic mass is 10.0. The highest BCUT2D eigenvalue weighted by Crippen LogP contribution is 2.31. The summed E-state index contributed by atoms with van der Waals surface area (Å²) in [7, 11) is 0. The minimum absolute atomic E-state index is 0.605. The first-order valence-corrected chi connectivity index (χ1v) is 7.30. The predicted molar refractivity (Wildman–Crippen MR) is 76.8 cm³/mol. The lowest BCUT2D eigenvalue weighted by Gasteiger charge is -2.34. The van der Waals surface area contributed by atoms with Crippen LogP contribution in [0.1, 0.15) is 6.92 Å². The van der Waals surface area contributed by atoms with Crippen molar-refractivity contribution in [3.8, 4) is 0 Å². The molecule has 3 heterocycles. The zero-order valence-electron chi connectivity index (χ0n) is 11.3. The zero-order valence-corrected chi connectivity index (χ0v) is 12.0. The highest BCUT2D eigenvalue weighted by molar-refractivity contribution is 6.33. The van der Waals surface area contributed by atoms with Crippen LogP contribution in [0.15, 0.2) is 18.5 Å². The summed E-state index contributed by atoms with van der Waals surface area (Å²) in [5, 5.41) is 0.748. The first kappa shape index (κ1) is 13.2. The molecule has 0 amide bonds. The molecule has 4 nitrogen and oxygen atoms in total. The molecule has 2 fully saturated rings. The van der Waals surface area contributed by atoms with Crippen molar-refractivity contribution < 1.29 is 4.74 Å². The maximum Gasteiger partial charge on any atom is 0.0822 e. The van der Waals surface area contributed by atoms with Crippen molar-refractivity contribution in [2.24, 2.45) is 5.92 Å². The van der Waals surface area contributed by atoms with Gasteiger partial charge < -0.3 is 9.64 Å². The summed E-state index contributed by atoms with van der Waals surface area (Å²) in [6.07, 6.45) is 3.54. The number of morpholine rings is 1. The first-order chi connectivity index (χ1) is 9.25. The van der Waals surface area contributed by atoms with Crippen molar-refractivity contribution in [1.82, 2.24) is 9.88 Å². The van der Waals surface area contributed by atoms with Gasteiger partial charge in [0, 0.05) is 44.6 Å². The van der Waals surface area contributed by atoms with Gasteiger partial charge in [0.2, 0.25) is 0 Å². The van der Waals surface area contributed by atoms with E-state index in [1.807, 2.05) is 12.3 Å². The molecule has 0 aromatic carbocycles. The van der Waals surface area contributed by atoms with Crippen molar-refractivity contribution in [1.29, 1.82) is 0 Å². The molecule has 104 valence electrons. The minimum Gasteiger partial charge on any atom is -0.379 e. The maximum atomic E-state index is 6.25. The Kier molecular flexibility index (Phi) is 3.91. The Balaban J connectivity index is 1.72. The van der Waals surface area contributed by atoms with Crippen LogP contribution < -0.4 is 4.90 Å². The van der Waals surface area contributed by atoms with Crippen LogP contribution in [0, 0.1) is 5.92 Å². The van der Waals surface area contributed by atoms with Gasteiger partial charge >= 0.3 is 0 Å². The normalized spacial score (nSPS) is 28.8. The maximum absolute atomic E-state index is 6.25. The fourth-order valence-corrected chi connectivity index (χ4v) is 3.39. The SMILES string of the molecule is C[C@H]1CN(c2ccncc2Cl)C[C@@H]1N1CCOCC1. The van der Waals surface area contributed by atoms with Crippen LogP contribution in [0.25, 0.3) is 0 Å². The van der Waals surface area contributed by atoms with Crippen LogP contribution in [0.2, 0.25) is 5.02 Å². The molecule has 3 rings (SSSR count). The molecular formula is C14H20ClN3O. The zero-order chi connectivity index (χ0) is 13.2. The minimum atomic E-state index is 0.605. The number of hydrogen-bond acceptors (Lipinski definition) is 4. The number of ether oxygens (including phenoxy) is 1. The van der Waals surface area contributed by atoms with E-state index >= 15 is 0 Å². The summed E-state index contributed by atoms with van der Waals surface area (Å²) in [5.41, 5.74) is 1.11. The molecular weight excluding hydrogens is 262 g/mol. The van der Waals surface area contributed by atoms with Crippen molar-refractivity contribution >= 4 is 17.3 Å². The Morgan fingerprint density at radius 2 is 2.11 bits per heavy atom. The number of anilines is 1. The summed E-state index contributed by atoms with van der Waals surface area (Å²) in [6.45, 7) is 8.25. The first-order valence-electron chi connectivity index (χ1n) is 6.92. The van der Waals surface area contributed by atoms with Crippen molar-refractivity contribution in [2.45, 2.75) is 13.0 Å². The average Bonchev–Trinajstić information content (AvgIpc) is 2.82. The number of pyridine rings is 1. The summed E-state index contributed by atoms with van der Waals surface area (Å²) in [4.78, 5) is 9.00. The van der Waals surface area contributed by atoms with Crippen LogP contribution in [0.4, 0.5) is 5.69 Å². The Morgan fingerprint density at radius 1 is 1.32 bits per heavy atom. The van der Waals surface area contributed by atoms with E-state index in [9.17, 15) is 0 Å². The summed E-state index contributed by atoms with van der Waals surface area (Å²) >= 11 is 6.25. The molecule has 0 spiro atoms. The quantitative estimate of drug-likeness (QED) is 0.828. The third-order valence-electron chi connectivity index (χ3n) is 4.18. The molecule has 1 aromatic heterocycles. The Labute approximate surface area is 119 Å². The highest BCUT2D eigenvalue weighted by Gasteiger charge is 2.35. The topological polar surface area (TPSA) is 28.6 Å². The summed E-state index contributed by atoms with van der Waals surface area (Å²) in [6, 6.07) is 2.62. The van der Waals surface area contributed by atoms with E-state index in [0.717, 1.165) is 50.1 Å². The van der Waals surface area contributed by atoms with E-state index in [0.29, 0.717) is 12.0 Å². The second-order valence-electron chi connectivity index (χ2n) is 5.43. The molecule has 0 unspecified atom stereocenters. The number of nitrogens with zero attached hydrogens (tertiary/aromatic N) is 3. The van der Waals surface area contributed by atoms with Gasteiger partial charge in [-0.25, -0.2) is 0 Å². The van der Waals surface area contributed by atoms with Crippen LogP contribution >= 0.6 is 11.6 Å². The number of hydrogen-bond donors (Lipinski definition) is 0. The number of rotatable bonds is 2. The van der Waals surface area contributed by atoms with Gasteiger partial charge in [-0.2, -0.15) is 0 Å². The second kappa shape index (κ2) is 5.65. The highest BCUT2D eigenvalue weighted by atomic mass is 35.5. The van der Waals surface area contributed by atoms with Crippen molar-refractivity contribution in [3.05, 3.63) is 23.5 Å². The average molecular weight is 282 g/mol. The van der Waals surface area contributed by atoms with Gasteiger partial charge in [-0.3, -0.25) is 9.88 Å². The van der Waals surface area contributed by atoms with Gasteiger partial charge in [-0.1, -0.05) is 18.5 Å². The molecule has 19 heavy (non-hydrogen) atoms. The summed E-state index contributed by atoms with van der Waals surface area (Å²) < 4.78 is 5.44. The largest absolute Gasteiger partial charge is 0.379 e. The van der Waals surface area contributed by atoms with Crippen LogP contribution in [-0.2, 0) is 4.74 Å². The fourth-order valence-electron chi connectivity index (χ4n) is 3.16. The predicted octanol–water partition coefficient (Wildman–Crippen LogP) is 1.89. The lowest BCUT2D eigenvalue weighted by molar-refractivity contribution is 0.0134. The Hall–Kier alpha value is -0.840. The lowest BCUT2D eigenvalue weighted by Crippen LogP contribution is -2.46. The van der Waals surface area contributed by atoms with Gasteiger partial charge in [0.05, 0.1) is 23.9 Å². The molecule has 0 bridgehead atoms. The van der Waals surface area contributed by atoms with Crippen LogP contribution in [-0.4, -0.2) is 55.3 Å². The molecule has 1 aromatic rings. The monoisotopic (exact) mass is 281 g/mol. The Morgan fingerprint density at radius 3 is 2.84 bits per heavy atom. The Bertz CT molecular complexity index is 436. The van der Waals surface area contributed by atoms with Crippen molar-refractivity contribution in [3.63, 3.8) is 0 Å². The van der Waals surface area contributed by atoms with Gasteiger partial charge in [-0.15, -0.1) is 0 Å². The van der Waals surface area contributed by atoms with E-state index in [4.69, 9.17) is 16.3 Å². The third kappa shape index (κ3) is 2.71. The van der Waals surface area contributed by atoms with Gasteiger partial charge in [-0.05, 0) is 12.0 Å². The second-order valence-corrected chi connectivity index (χ2v) is 5.83. The van der Waals surface area contributed by atoms with Gasteiger partial charge in [0.1, 0.15) is 0 Å². The number of halogens is 1.